The van der Waals surface area contributed by atoms with E-state index in [0.29, 0.717) is 0 Å². The van der Waals surface area contributed by atoms with Crippen LogP contribution in [0.3, 0.4) is 0 Å². The molecule has 0 fully saturated rings. The molecule has 5 nitrogen and oxygen atoms in total. The number of halogens is 2. The number of nitrogens with zero attached hydrogens (tertiary/aromatic N) is 2. The smallest absolute Gasteiger partial charge is 0.290 e. The highest BCUT2D eigenvalue weighted by atomic mass is 35.5. The molecule has 1 rings (SSSR count). The third-order valence-corrected chi connectivity index (χ3v) is 4.66. The van der Waals surface area contributed by atoms with Crippen molar-refractivity contribution in [2.75, 3.05) is 19.1 Å². The molecule has 0 saturated heterocycles. The summed E-state index contributed by atoms with van der Waals surface area (Å²) in [5.41, 5.74) is -0.197. The molecule has 1 aromatic carbocycles. The minimum absolute atomic E-state index is 0.000492. The molecule has 8 heteroatoms. The highest BCUT2D eigenvalue weighted by molar-refractivity contribution is 7.98. The summed E-state index contributed by atoms with van der Waals surface area (Å²) >= 11 is 13.3. The van der Waals surface area contributed by atoms with Gasteiger partial charge in [-0.2, -0.15) is 11.8 Å². The van der Waals surface area contributed by atoms with Gasteiger partial charge in [0.05, 0.1) is 9.95 Å². The molecule has 21 heavy (non-hydrogen) atoms. The van der Waals surface area contributed by atoms with E-state index in [1.165, 1.54) is 12.1 Å². The predicted molar refractivity (Wildman–Crippen MR) is 87.7 cm³/mol. The summed E-state index contributed by atoms with van der Waals surface area (Å²) in [6.07, 6.45) is 2.76. The Morgan fingerprint density at radius 1 is 1.48 bits per heavy atom. The van der Waals surface area contributed by atoms with Gasteiger partial charge in [-0.15, -0.1) is 0 Å². The molecule has 0 spiro atoms. The minimum atomic E-state index is -0.649. The lowest BCUT2D eigenvalue weighted by Gasteiger charge is -2.26. The van der Waals surface area contributed by atoms with Crippen LogP contribution in [0.1, 0.15) is 23.7 Å². The van der Waals surface area contributed by atoms with Gasteiger partial charge in [0.25, 0.3) is 11.6 Å². The van der Waals surface area contributed by atoms with Crippen molar-refractivity contribution in [3.63, 3.8) is 0 Å². The molecule has 1 atom stereocenters. The number of thioether (sulfide) groups is 1. The maximum atomic E-state index is 12.5. The number of amides is 1. The van der Waals surface area contributed by atoms with Crippen molar-refractivity contribution >= 4 is 46.6 Å². The molecule has 1 aromatic rings. The molecule has 0 aliphatic heterocycles. The number of benzene rings is 1. The average molecular weight is 351 g/mol. The fraction of sp³-hybridized carbons (Fsp3) is 0.462. The Hall–Kier alpha value is -0.980. The molecular formula is C13H16Cl2N2O3S. The standard InChI is InChI=1S/C13H16Cl2N2O3S/c1-4-9(7-21-3)16(2)13(18)8-5-10(14)12(15)11(6-8)17(19)20/h5-6,9H,4,7H2,1-3H3. The van der Waals surface area contributed by atoms with Gasteiger partial charge in [-0.3, -0.25) is 14.9 Å². The zero-order valence-electron chi connectivity index (χ0n) is 11.9. The van der Waals surface area contributed by atoms with Crippen molar-refractivity contribution < 1.29 is 9.72 Å². The van der Waals surface area contributed by atoms with E-state index in [9.17, 15) is 14.9 Å². The van der Waals surface area contributed by atoms with Crippen LogP contribution < -0.4 is 0 Å². The van der Waals surface area contributed by atoms with E-state index in [0.717, 1.165) is 12.2 Å². The molecule has 0 N–H and O–H groups in total. The van der Waals surface area contributed by atoms with Gasteiger partial charge in [0.15, 0.2) is 0 Å². The topological polar surface area (TPSA) is 63.5 Å². The second-order valence-electron chi connectivity index (χ2n) is 4.48. The van der Waals surface area contributed by atoms with Crippen LogP contribution in [-0.2, 0) is 0 Å². The van der Waals surface area contributed by atoms with Gasteiger partial charge >= 0.3 is 0 Å². The molecule has 0 aromatic heterocycles. The van der Waals surface area contributed by atoms with Crippen molar-refractivity contribution in [3.05, 3.63) is 37.9 Å². The number of hydrogen-bond donors (Lipinski definition) is 0. The van der Waals surface area contributed by atoms with Gasteiger partial charge < -0.3 is 4.90 Å². The van der Waals surface area contributed by atoms with Crippen molar-refractivity contribution in [1.82, 2.24) is 4.90 Å². The van der Waals surface area contributed by atoms with Gasteiger partial charge in [-0.25, -0.2) is 0 Å². The Bertz CT molecular complexity index is 554. The summed E-state index contributed by atoms with van der Waals surface area (Å²) in [5.74, 6) is 0.486. The van der Waals surface area contributed by atoms with Crippen LogP contribution in [0.25, 0.3) is 0 Å². The van der Waals surface area contributed by atoms with Crippen LogP contribution in [-0.4, -0.2) is 40.8 Å². The molecule has 116 valence electrons. The highest BCUT2D eigenvalue weighted by Gasteiger charge is 2.24. The van der Waals surface area contributed by atoms with Crippen molar-refractivity contribution in [2.24, 2.45) is 0 Å². The second-order valence-corrected chi connectivity index (χ2v) is 6.18. The maximum absolute atomic E-state index is 12.5. The number of carbonyl (C=O) groups excluding carboxylic acids is 1. The van der Waals surface area contributed by atoms with Gasteiger partial charge in [0.2, 0.25) is 0 Å². The van der Waals surface area contributed by atoms with Gasteiger partial charge in [-0.1, -0.05) is 30.1 Å². The summed E-state index contributed by atoms with van der Waals surface area (Å²) in [6.45, 7) is 1.99. The first-order valence-corrected chi connectivity index (χ1v) is 8.37. The first-order valence-electron chi connectivity index (χ1n) is 6.23. The molecule has 1 unspecified atom stereocenters. The Morgan fingerprint density at radius 2 is 2.10 bits per heavy atom. The average Bonchev–Trinajstić information content (AvgIpc) is 2.45. The summed E-state index contributed by atoms with van der Waals surface area (Å²) < 4.78 is 0. The molecule has 0 aliphatic rings. The number of hydrogen-bond acceptors (Lipinski definition) is 4. The fourth-order valence-corrected chi connectivity index (χ4v) is 3.13. The number of nitro groups is 1. The van der Waals surface area contributed by atoms with Crippen LogP contribution in [0, 0.1) is 10.1 Å². The third kappa shape index (κ3) is 4.25. The fourth-order valence-electron chi connectivity index (χ4n) is 1.90. The Kier molecular flexibility index (Phi) is 6.77. The summed E-state index contributed by atoms with van der Waals surface area (Å²) in [5, 5.41) is 10.8. The predicted octanol–water partition coefficient (Wildman–Crippen LogP) is 4.12. The highest BCUT2D eigenvalue weighted by Crippen LogP contribution is 2.33. The van der Waals surface area contributed by atoms with Crippen molar-refractivity contribution in [1.29, 1.82) is 0 Å². The Labute approximate surface area is 137 Å². The monoisotopic (exact) mass is 350 g/mol. The molecule has 0 radical (unpaired) electrons. The van der Waals surface area contributed by atoms with Crippen LogP contribution in [0.15, 0.2) is 12.1 Å². The molecule has 0 bridgehead atoms. The van der Waals surface area contributed by atoms with E-state index in [1.807, 2.05) is 13.2 Å². The van der Waals surface area contributed by atoms with Gasteiger partial charge in [-0.05, 0) is 18.7 Å². The SMILES string of the molecule is CCC(CSC)N(C)C(=O)c1cc(Cl)c(Cl)c([N+](=O)[O-])c1. The largest absolute Gasteiger partial charge is 0.338 e. The van der Waals surface area contributed by atoms with E-state index in [4.69, 9.17) is 23.2 Å². The van der Waals surface area contributed by atoms with Crippen LogP contribution >= 0.6 is 35.0 Å². The number of nitro benzene ring substituents is 1. The Morgan fingerprint density at radius 3 is 2.57 bits per heavy atom. The van der Waals surface area contributed by atoms with Crippen molar-refractivity contribution in [3.8, 4) is 0 Å². The van der Waals surface area contributed by atoms with E-state index in [2.05, 4.69) is 0 Å². The molecule has 0 saturated carbocycles. The zero-order chi connectivity index (χ0) is 16.2. The molecule has 0 aliphatic carbocycles. The zero-order valence-corrected chi connectivity index (χ0v) is 14.3. The summed E-state index contributed by atoms with van der Waals surface area (Å²) in [7, 11) is 1.68. The summed E-state index contributed by atoms with van der Waals surface area (Å²) in [6, 6.07) is 2.58. The normalized spacial score (nSPS) is 12.0. The first-order chi connectivity index (χ1) is 9.83. The Balaban J connectivity index is 3.15. The lowest BCUT2D eigenvalue weighted by atomic mass is 10.1. The van der Waals surface area contributed by atoms with Crippen molar-refractivity contribution in [2.45, 2.75) is 19.4 Å². The van der Waals surface area contributed by atoms with Crippen LogP contribution in [0.4, 0.5) is 5.69 Å². The van der Waals surface area contributed by atoms with Gasteiger partial charge in [0, 0.05) is 30.5 Å². The summed E-state index contributed by atoms with van der Waals surface area (Å²) in [4.78, 5) is 24.3. The van der Waals surface area contributed by atoms with E-state index in [-0.39, 0.29) is 33.2 Å². The second kappa shape index (κ2) is 7.87. The van der Waals surface area contributed by atoms with E-state index in [1.54, 1.807) is 23.7 Å². The minimum Gasteiger partial charge on any atom is -0.338 e. The molecule has 1 amide bonds. The lowest BCUT2D eigenvalue weighted by Crippen LogP contribution is -2.38. The molecular weight excluding hydrogens is 335 g/mol. The third-order valence-electron chi connectivity index (χ3n) is 3.15. The lowest BCUT2D eigenvalue weighted by molar-refractivity contribution is -0.384. The van der Waals surface area contributed by atoms with Gasteiger partial charge in [0.1, 0.15) is 5.02 Å². The van der Waals surface area contributed by atoms with E-state index >= 15 is 0 Å². The quantitative estimate of drug-likeness (QED) is 0.571. The molecule has 0 heterocycles. The number of carbonyl (C=O) groups is 1. The van der Waals surface area contributed by atoms with Crippen LogP contribution in [0.5, 0.6) is 0 Å². The first kappa shape index (κ1) is 18.1. The van der Waals surface area contributed by atoms with Crippen LogP contribution in [0.2, 0.25) is 10.0 Å². The number of rotatable bonds is 6. The maximum Gasteiger partial charge on any atom is 0.290 e. The van der Waals surface area contributed by atoms with E-state index < -0.39 is 4.92 Å².